The van der Waals surface area contributed by atoms with Gasteiger partial charge in [0.25, 0.3) is 5.56 Å². The summed E-state index contributed by atoms with van der Waals surface area (Å²) in [7, 11) is -3.72. The quantitative estimate of drug-likeness (QED) is 0.347. The summed E-state index contributed by atoms with van der Waals surface area (Å²) in [6, 6.07) is 0.0129. The minimum atomic E-state index is -3.72. The third-order valence-corrected chi connectivity index (χ3v) is 8.67. The first-order chi connectivity index (χ1) is 17.9. The van der Waals surface area contributed by atoms with Gasteiger partial charge in [-0.2, -0.15) is 0 Å². The molecule has 5 N–H and O–H groups in total. The van der Waals surface area contributed by atoms with Crippen molar-refractivity contribution in [3.05, 3.63) is 40.4 Å². The number of hydrogen-bond acceptors (Lipinski definition) is 7. The Bertz CT molecular complexity index is 1490. The molecule has 13 heteroatoms. The number of sulfonamides is 1. The Morgan fingerprint density at radius 1 is 1.28 bits per heavy atom. The average molecular weight is 561 g/mol. The lowest BCUT2D eigenvalue weighted by Crippen LogP contribution is -2.60. The van der Waals surface area contributed by atoms with Gasteiger partial charge in [0.2, 0.25) is 27.7 Å². The van der Waals surface area contributed by atoms with E-state index in [1.807, 2.05) is 13.8 Å². The maximum absolute atomic E-state index is 13.7. The zero-order valence-electron chi connectivity index (χ0n) is 22.9. The molecule has 2 fully saturated rings. The standard InChI is InChI=1S/C26H36N6O6S/c1-25(2,3)20(31-39(6,37)38)24(36)32-12-15-18(26(15,4)5)19(32)23(35)30-17(21(27)33)10-13-9-14-11-28-8-7-16(14)29-22(13)34/h7-9,11,15,17-20,31H,10,12H2,1-6H3,(H2,27,33)(H,29,34)(H,30,35)/t15-,17-,18-,19-,20+/m0/s1. The summed E-state index contributed by atoms with van der Waals surface area (Å²) in [6.45, 7) is 9.52. The van der Waals surface area contributed by atoms with E-state index in [2.05, 4.69) is 20.0 Å². The van der Waals surface area contributed by atoms with Crippen LogP contribution in [-0.2, 0) is 30.8 Å². The lowest BCUT2D eigenvalue weighted by molar-refractivity contribution is -0.144. The topological polar surface area (TPSA) is 184 Å². The van der Waals surface area contributed by atoms with E-state index in [4.69, 9.17) is 5.73 Å². The molecule has 0 spiro atoms. The highest BCUT2D eigenvalue weighted by molar-refractivity contribution is 7.88. The van der Waals surface area contributed by atoms with Crippen molar-refractivity contribution in [2.45, 2.75) is 59.2 Å². The van der Waals surface area contributed by atoms with Gasteiger partial charge in [0.1, 0.15) is 18.1 Å². The molecule has 2 aromatic heterocycles. The molecule has 39 heavy (non-hydrogen) atoms. The Hall–Kier alpha value is -3.32. The van der Waals surface area contributed by atoms with Gasteiger partial charge in [0.05, 0.1) is 11.8 Å². The first-order valence-corrected chi connectivity index (χ1v) is 14.6. The van der Waals surface area contributed by atoms with Gasteiger partial charge in [-0.25, -0.2) is 13.1 Å². The molecule has 5 atom stereocenters. The first-order valence-electron chi connectivity index (χ1n) is 12.7. The van der Waals surface area contributed by atoms with Gasteiger partial charge < -0.3 is 20.9 Å². The van der Waals surface area contributed by atoms with Gasteiger partial charge in [0, 0.05) is 36.3 Å². The second kappa shape index (κ2) is 9.70. The van der Waals surface area contributed by atoms with Crippen molar-refractivity contribution in [2.24, 2.45) is 28.4 Å². The molecular formula is C26H36N6O6S. The molecular weight excluding hydrogens is 524 g/mol. The number of fused-ring (bicyclic) bond motifs is 2. The van der Waals surface area contributed by atoms with Crippen LogP contribution in [0.2, 0.25) is 0 Å². The largest absolute Gasteiger partial charge is 0.368 e. The van der Waals surface area contributed by atoms with E-state index >= 15 is 0 Å². The molecule has 0 radical (unpaired) electrons. The SMILES string of the molecule is CC(C)(C)[C@H](NS(C)(=O)=O)C(=O)N1C[C@H]2[C@@H]([C@H]1C(=O)N[C@@H](Cc1cc3cnccc3[nH]c1=O)C(N)=O)C2(C)C. The molecule has 3 heterocycles. The summed E-state index contributed by atoms with van der Waals surface area (Å²) in [5.74, 6) is -2.05. The van der Waals surface area contributed by atoms with Gasteiger partial charge in [-0.05, 0) is 34.8 Å². The van der Waals surface area contributed by atoms with Crippen LogP contribution in [0.5, 0.6) is 0 Å². The molecule has 212 valence electrons. The van der Waals surface area contributed by atoms with Crippen molar-refractivity contribution in [3.63, 3.8) is 0 Å². The lowest BCUT2D eigenvalue weighted by atomic mass is 9.86. The van der Waals surface area contributed by atoms with Crippen molar-refractivity contribution < 1.29 is 22.8 Å². The summed E-state index contributed by atoms with van der Waals surface area (Å²) in [5.41, 5.74) is 5.04. The maximum atomic E-state index is 13.7. The van der Waals surface area contributed by atoms with Crippen LogP contribution in [0.1, 0.15) is 40.2 Å². The molecule has 12 nitrogen and oxygen atoms in total. The molecule has 3 amide bonds. The summed E-state index contributed by atoms with van der Waals surface area (Å²) in [4.78, 5) is 60.6. The fourth-order valence-electron chi connectivity index (χ4n) is 5.73. The number of likely N-dealkylation sites (tertiary alicyclic amines) is 1. The van der Waals surface area contributed by atoms with E-state index in [0.717, 1.165) is 6.26 Å². The minimum absolute atomic E-state index is 0.0407. The normalized spacial score (nSPS) is 23.6. The maximum Gasteiger partial charge on any atom is 0.251 e. The second-order valence-corrected chi connectivity index (χ2v) is 14.1. The number of hydrogen-bond donors (Lipinski definition) is 4. The van der Waals surface area contributed by atoms with Crippen LogP contribution in [0.15, 0.2) is 29.3 Å². The molecule has 2 aromatic rings. The summed E-state index contributed by atoms with van der Waals surface area (Å²) < 4.78 is 26.5. The predicted molar refractivity (Wildman–Crippen MR) is 145 cm³/mol. The molecule has 0 bridgehead atoms. The number of carbonyl (C=O) groups is 3. The Balaban J connectivity index is 1.61. The fraction of sp³-hybridized carbons (Fsp3) is 0.577. The number of piperidine rings is 1. The third-order valence-electron chi connectivity index (χ3n) is 8.01. The van der Waals surface area contributed by atoms with Crippen molar-refractivity contribution in [1.82, 2.24) is 24.9 Å². The van der Waals surface area contributed by atoms with Crippen LogP contribution >= 0.6 is 0 Å². The van der Waals surface area contributed by atoms with Gasteiger partial charge in [-0.3, -0.25) is 24.2 Å². The minimum Gasteiger partial charge on any atom is -0.368 e. The Morgan fingerprint density at radius 3 is 2.54 bits per heavy atom. The first kappa shape index (κ1) is 28.7. The van der Waals surface area contributed by atoms with E-state index in [1.165, 1.54) is 4.90 Å². The molecule has 1 saturated carbocycles. The lowest BCUT2D eigenvalue weighted by Gasteiger charge is -2.37. The fourth-order valence-corrected chi connectivity index (χ4v) is 6.62. The number of nitrogens with one attached hydrogen (secondary N) is 3. The molecule has 0 aromatic carbocycles. The number of aromatic nitrogens is 2. The summed E-state index contributed by atoms with van der Waals surface area (Å²) in [5, 5.41) is 3.33. The van der Waals surface area contributed by atoms with Crippen LogP contribution in [0.4, 0.5) is 0 Å². The number of amides is 3. The zero-order valence-corrected chi connectivity index (χ0v) is 23.8. The van der Waals surface area contributed by atoms with Crippen LogP contribution in [0.25, 0.3) is 10.9 Å². The highest BCUT2D eigenvalue weighted by atomic mass is 32.2. The summed E-state index contributed by atoms with van der Waals surface area (Å²) >= 11 is 0. The average Bonchev–Trinajstić information content (AvgIpc) is 3.14. The molecule has 0 unspecified atom stereocenters. The van der Waals surface area contributed by atoms with E-state index in [-0.39, 0.29) is 35.8 Å². The number of rotatable bonds is 8. The Kier molecular flexibility index (Phi) is 7.13. The van der Waals surface area contributed by atoms with Crippen molar-refractivity contribution >= 4 is 38.6 Å². The number of nitrogens with two attached hydrogens (primary N) is 1. The van der Waals surface area contributed by atoms with Gasteiger partial charge in [0.15, 0.2) is 0 Å². The second-order valence-electron chi connectivity index (χ2n) is 12.3. The van der Waals surface area contributed by atoms with Gasteiger partial charge >= 0.3 is 0 Å². The highest BCUT2D eigenvalue weighted by Gasteiger charge is 2.69. The number of primary amides is 1. The smallest absolute Gasteiger partial charge is 0.251 e. The highest BCUT2D eigenvalue weighted by Crippen LogP contribution is 2.65. The molecule has 2 aliphatic rings. The third kappa shape index (κ3) is 5.69. The number of pyridine rings is 2. The van der Waals surface area contributed by atoms with Crippen molar-refractivity contribution in [2.75, 3.05) is 12.8 Å². The molecule has 1 saturated heterocycles. The Morgan fingerprint density at radius 2 is 1.95 bits per heavy atom. The number of nitrogens with zero attached hydrogens (tertiary/aromatic N) is 2. The number of aromatic amines is 1. The predicted octanol–water partition coefficient (Wildman–Crippen LogP) is -0.117. The van der Waals surface area contributed by atoms with Crippen LogP contribution in [0, 0.1) is 22.7 Å². The number of carbonyl (C=O) groups excluding carboxylic acids is 3. The Labute approximate surface area is 227 Å². The van der Waals surface area contributed by atoms with Crippen molar-refractivity contribution in [3.8, 4) is 0 Å². The number of H-pyrrole nitrogens is 1. The molecule has 4 rings (SSSR count). The van der Waals surface area contributed by atoms with Gasteiger partial charge in [-0.1, -0.05) is 34.6 Å². The van der Waals surface area contributed by atoms with Gasteiger partial charge in [-0.15, -0.1) is 0 Å². The summed E-state index contributed by atoms with van der Waals surface area (Å²) in [6.07, 6.45) is 3.94. The van der Waals surface area contributed by atoms with Crippen LogP contribution in [0.3, 0.4) is 0 Å². The molecule has 1 aliphatic heterocycles. The molecule has 1 aliphatic carbocycles. The zero-order chi connectivity index (χ0) is 29.1. The van der Waals surface area contributed by atoms with E-state index < -0.39 is 56.8 Å². The van der Waals surface area contributed by atoms with Crippen LogP contribution < -0.4 is 21.3 Å². The van der Waals surface area contributed by atoms with E-state index in [9.17, 15) is 27.6 Å². The monoisotopic (exact) mass is 560 g/mol. The van der Waals surface area contributed by atoms with Crippen LogP contribution in [-0.4, -0.2) is 71.9 Å². The van der Waals surface area contributed by atoms with Crippen molar-refractivity contribution in [1.29, 1.82) is 0 Å². The van der Waals surface area contributed by atoms with E-state index in [1.54, 1.807) is 45.3 Å². The van der Waals surface area contributed by atoms with E-state index in [0.29, 0.717) is 10.9 Å².